The number of nitrogens with one attached hydrogen (secondary N) is 1. The predicted molar refractivity (Wildman–Crippen MR) is 109 cm³/mol. The number of rotatable bonds is 4. The van der Waals surface area contributed by atoms with E-state index in [1.807, 2.05) is 25.1 Å². The summed E-state index contributed by atoms with van der Waals surface area (Å²) in [6.45, 7) is 2.13. The molecule has 4 aromatic rings. The van der Waals surface area contributed by atoms with Crippen LogP contribution >= 0.6 is 11.3 Å². The van der Waals surface area contributed by atoms with E-state index in [0.717, 1.165) is 15.8 Å². The first-order chi connectivity index (χ1) is 13.5. The molecule has 0 aliphatic rings. The molecule has 28 heavy (non-hydrogen) atoms. The lowest BCUT2D eigenvalue weighted by atomic mass is 10.2. The molecular formula is C21H16FN3O2S. The highest BCUT2D eigenvalue weighted by Crippen LogP contribution is 2.28. The lowest BCUT2D eigenvalue weighted by Gasteiger charge is -2.08. The highest BCUT2D eigenvalue weighted by Gasteiger charge is 2.15. The third-order valence-corrected chi connectivity index (χ3v) is 5.28. The van der Waals surface area contributed by atoms with Crippen molar-refractivity contribution in [2.75, 3.05) is 5.32 Å². The van der Waals surface area contributed by atoms with Crippen LogP contribution in [-0.4, -0.2) is 15.5 Å². The SMILES string of the molecule is Cc1cccc2sc(NC(=O)c3cccn(Cc4cccc(F)c4)c3=O)nc12. The van der Waals surface area contributed by atoms with Crippen LogP contribution in [0, 0.1) is 12.7 Å². The summed E-state index contributed by atoms with van der Waals surface area (Å²) in [5, 5.41) is 3.15. The van der Waals surface area contributed by atoms with Gasteiger partial charge in [-0.15, -0.1) is 0 Å². The third-order valence-electron chi connectivity index (χ3n) is 4.35. The minimum Gasteiger partial charge on any atom is -0.310 e. The Morgan fingerprint density at radius 1 is 1.18 bits per heavy atom. The minimum atomic E-state index is -0.518. The van der Waals surface area contributed by atoms with Crippen LogP contribution in [0.25, 0.3) is 10.2 Å². The second-order valence-corrected chi connectivity index (χ2v) is 7.41. The molecule has 0 fully saturated rings. The van der Waals surface area contributed by atoms with Gasteiger partial charge in [0.15, 0.2) is 5.13 Å². The predicted octanol–water partition coefficient (Wildman–Crippen LogP) is 4.21. The first-order valence-corrected chi connectivity index (χ1v) is 9.44. The highest BCUT2D eigenvalue weighted by molar-refractivity contribution is 7.22. The standard InChI is InChI=1S/C21H16FN3O2S/c1-13-5-2-9-17-18(13)23-21(28-17)24-19(26)16-8-4-10-25(20(16)27)12-14-6-3-7-15(22)11-14/h2-11H,12H2,1H3,(H,23,24,26). The van der Waals surface area contributed by atoms with Crippen molar-refractivity contribution in [3.05, 3.63) is 93.7 Å². The molecule has 0 spiro atoms. The van der Waals surface area contributed by atoms with Crippen LogP contribution in [0.5, 0.6) is 0 Å². The Bertz CT molecular complexity index is 1250. The zero-order chi connectivity index (χ0) is 19.7. The molecule has 1 N–H and O–H groups in total. The van der Waals surface area contributed by atoms with Crippen molar-refractivity contribution >= 4 is 32.6 Å². The number of anilines is 1. The fourth-order valence-electron chi connectivity index (χ4n) is 2.97. The van der Waals surface area contributed by atoms with Gasteiger partial charge in [0.2, 0.25) is 0 Å². The normalized spacial score (nSPS) is 10.9. The molecule has 0 saturated heterocycles. The summed E-state index contributed by atoms with van der Waals surface area (Å²) in [6, 6.07) is 14.9. The Kier molecular flexibility index (Phi) is 4.75. The van der Waals surface area contributed by atoms with Gasteiger partial charge in [-0.05, 0) is 48.4 Å². The molecule has 0 radical (unpaired) electrons. The van der Waals surface area contributed by atoms with Gasteiger partial charge in [-0.25, -0.2) is 9.37 Å². The van der Waals surface area contributed by atoms with Crippen LogP contribution in [0.4, 0.5) is 9.52 Å². The topological polar surface area (TPSA) is 64.0 Å². The van der Waals surface area contributed by atoms with E-state index in [2.05, 4.69) is 10.3 Å². The summed E-state index contributed by atoms with van der Waals surface area (Å²) in [7, 11) is 0. The van der Waals surface area contributed by atoms with E-state index < -0.39 is 11.5 Å². The van der Waals surface area contributed by atoms with Gasteiger partial charge in [-0.3, -0.25) is 14.9 Å². The van der Waals surface area contributed by atoms with Crippen LogP contribution in [0.2, 0.25) is 0 Å². The van der Waals surface area contributed by atoms with Crippen LogP contribution in [-0.2, 0) is 6.54 Å². The first-order valence-electron chi connectivity index (χ1n) is 8.63. The fourth-order valence-corrected chi connectivity index (χ4v) is 3.91. The van der Waals surface area contributed by atoms with Crippen molar-refractivity contribution < 1.29 is 9.18 Å². The number of carbonyl (C=O) groups excluding carboxylic acids is 1. The number of carbonyl (C=O) groups is 1. The van der Waals surface area contributed by atoms with Crippen LogP contribution in [0.1, 0.15) is 21.5 Å². The maximum Gasteiger partial charge on any atom is 0.263 e. The minimum absolute atomic E-state index is 0.00915. The fraction of sp³-hybridized carbons (Fsp3) is 0.0952. The number of fused-ring (bicyclic) bond motifs is 1. The molecule has 0 unspecified atom stereocenters. The summed E-state index contributed by atoms with van der Waals surface area (Å²) in [6.07, 6.45) is 1.57. The van der Waals surface area contributed by atoms with E-state index in [1.165, 1.54) is 34.1 Å². The second-order valence-electron chi connectivity index (χ2n) is 6.38. The van der Waals surface area contributed by atoms with E-state index in [1.54, 1.807) is 24.4 Å². The lowest BCUT2D eigenvalue weighted by molar-refractivity contribution is 0.102. The van der Waals surface area contributed by atoms with Gasteiger partial charge in [0.05, 0.1) is 16.8 Å². The van der Waals surface area contributed by atoms with Crippen molar-refractivity contribution in [3.8, 4) is 0 Å². The van der Waals surface area contributed by atoms with Crippen LogP contribution in [0.15, 0.2) is 65.6 Å². The number of para-hydroxylation sites is 1. The molecule has 0 saturated carbocycles. The van der Waals surface area contributed by atoms with E-state index in [-0.39, 0.29) is 17.9 Å². The quantitative estimate of drug-likeness (QED) is 0.565. The largest absolute Gasteiger partial charge is 0.310 e. The summed E-state index contributed by atoms with van der Waals surface area (Å²) >= 11 is 1.36. The third kappa shape index (κ3) is 3.57. The van der Waals surface area contributed by atoms with Gasteiger partial charge in [-0.1, -0.05) is 35.6 Å². The van der Waals surface area contributed by atoms with Crippen molar-refractivity contribution in [1.82, 2.24) is 9.55 Å². The molecule has 0 aliphatic carbocycles. The zero-order valence-electron chi connectivity index (χ0n) is 15.0. The van der Waals surface area contributed by atoms with Gasteiger partial charge in [0, 0.05) is 6.20 Å². The summed E-state index contributed by atoms with van der Waals surface area (Å²) in [5.41, 5.74) is 2.06. The molecular weight excluding hydrogens is 377 g/mol. The summed E-state index contributed by atoms with van der Waals surface area (Å²) < 4.78 is 15.7. The number of amides is 1. The molecule has 0 bridgehead atoms. The van der Waals surface area contributed by atoms with Gasteiger partial charge < -0.3 is 4.57 Å². The number of nitrogens with zero attached hydrogens (tertiary/aromatic N) is 2. The number of hydrogen-bond acceptors (Lipinski definition) is 4. The van der Waals surface area contributed by atoms with E-state index in [4.69, 9.17) is 0 Å². The number of pyridine rings is 1. The first kappa shape index (κ1) is 18.1. The molecule has 5 nitrogen and oxygen atoms in total. The molecule has 2 aromatic carbocycles. The van der Waals surface area contributed by atoms with E-state index in [9.17, 15) is 14.0 Å². The van der Waals surface area contributed by atoms with Crippen molar-refractivity contribution in [1.29, 1.82) is 0 Å². The molecule has 140 valence electrons. The highest BCUT2D eigenvalue weighted by atomic mass is 32.1. The second kappa shape index (κ2) is 7.36. The zero-order valence-corrected chi connectivity index (χ0v) is 15.8. The number of aromatic nitrogens is 2. The molecule has 1 amide bonds. The summed E-state index contributed by atoms with van der Waals surface area (Å²) in [5.74, 6) is -0.888. The van der Waals surface area contributed by atoms with Crippen molar-refractivity contribution in [2.45, 2.75) is 13.5 Å². The Labute approximate surface area is 164 Å². The molecule has 4 rings (SSSR count). The number of halogens is 1. The Balaban J connectivity index is 1.60. The van der Waals surface area contributed by atoms with Gasteiger partial charge in [0.1, 0.15) is 11.4 Å². The van der Waals surface area contributed by atoms with Crippen LogP contribution in [0.3, 0.4) is 0 Å². The van der Waals surface area contributed by atoms with E-state index in [0.29, 0.717) is 10.7 Å². The number of hydrogen-bond donors (Lipinski definition) is 1. The van der Waals surface area contributed by atoms with Gasteiger partial charge >= 0.3 is 0 Å². The Morgan fingerprint density at radius 2 is 2.00 bits per heavy atom. The number of aryl methyl sites for hydroxylation is 1. The average Bonchev–Trinajstić information content (AvgIpc) is 3.07. The molecule has 0 atom stereocenters. The number of benzene rings is 2. The molecule has 2 heterocycles. The average molecular weight is 393 g/mol. The number of thiazole rings is 1. The van der Waals surface area contributed by atoms with Gasteiger partial charge in [-0.2, -0.15) is 0 Å². The van der Waals surface area contributed by atoms with Crippen molar-refractivity contribution in [3.63, 3.8) is 0 Å². The van der Waals surface area contributed by atoms with Gasteiger partial charge in [0.25, 0.3) is 11.5 Å². The molecule has 7 heteroatoms. The maximum absolute atomic E-state index is 13.4. The molecule has 0 aliphatic heterocycles. The lowest BCUT2D eigenvalue weighted by Crippen LogP contribution is -2.29. The molecule has 2 aromatic heterocycles. The Morgan fingerprint density at radius 3 is 2.79 bits per heavy atom. The van der Waals surface area contributed by atoms with E-state index >= 15 is 0 Å². The van der Waals surface area contributed by atoms with Crippen LogP contribution < -0.4 is 10.9 Å². The summed E-state index contributed by atoms with van der Waals surface area (Å²) in [4.78, 5) is 29.8. The smallest absolute Gasteiger partial charge is 0.263 e. The monoisotopic (exact) mass is 393 g/mol. The maximum atomic E-state index is 13.4. The van der Waals surface area contributed by atoms with Crippen molar-refractivity contribution in [2.24, 2.45) is 0 Å². The Hall–Kier alpha value is -3.32.